The van der Waals surface area contributed by atoms with Gasteiger partial charge >= 0.3 is 0 Å². The fourth-order valence-corrected chi connectivity index (χ4v) is 4.54. The molecule has 0 radical (unpaired) electrons. The number of thiophene rings is 1. The number of rotatable bonds is 6. The zero-order chi connectivity index (χ0) is 22.5. The highest BCUT2D eigenvalue weighted by molar-refractivity contribution is 7.13. The number of hydrogen-bond acceptors (Lipinski definition) is 6. The summed E-state index contributed by atoms with van der Waals surface area (Å²) in [7, 11) is 0. The molecule has 1 fully saturated rings. The van der Waals surface area contributed by atoms with Crippen LogP contribution in [0.4, 0.5) is 5.82 Å². The topological polar surface area (TPSA) is 58.6 Å². The van der Waals surface area contributed by atoms with E-state index in [0.29, 0.717) is 18.8 Å². The molecule has 166 valence electrons. The van der Waals surface area contributed by atoms with Crippen LogP contribution >= 0.6 is 11.3 Å². The van der Waals surface area contributed by atoms with E-state index in [1.54, 1.807) is 11.3 Å². The van der Waals surface area contributed by atoms with E-state index in [2.05, 4.69) is 27.2 Å². The Morgan fingerprint density at radius 1 is 0.818 bits per heavy atom. The maximum absolute atomic E-state index is 12.6. The molecule has 1 amide bonds. The van der Waals surface area contributed by atoms with Crippen molar-refractivity contribution < 1.29 is 9.53 Å². The summed E-state index contributed by atoms with van der Waals surface area (Å²) >= 11 is 1.65. The molecule has 0 spiro atoms. The van der Waals surface area contributed by atoms with Gasteiger partial charge in [-0.05, 0) is 46.8 Å². The van der Waals surface area contributed by atoms with Crippen LogP contribution < -0.4 is 9.64 Å². The average molecular weight is 457 g/mol. The van der Waals surface area contributed by atoms with Crippen molar-refractivity contribution in [1.82, 2.24) is 15.1 Å². The van der Waals surface area contributed by atoms with Crippen LogP contribution in [0.15, 0.2) is 84.2 Å². The first-order valence-corrected chi connectivity index (χ1v) is 11.8. The van der Waals surface area contributed by atoms with Crippen LogP contribution in [0.1, 0.15) is 0 Å². The molecule has 0 N–H and O–H groups in total. The minimum atomic E-state index is 0.000846. The van der Waals surface area contributed by atoms with E-state index < -0.39 is 0 Å². The van der Waals surface area contributed by atoms with Gasteiger partial charge in [0.05, 0.1) is 4.88 Å². The molecular formula is C26H24N4O2S. The number of benzene rings is 2. The quantitative estimate of drug-likeness (QED) is 0.424. The van der Waals surface area contributed by atoms with Crippen LogP contribution in [-0.2, 0) is 4.79 Å². The van der Waals surface area contributed by atoms with Gasteiger partial charge in [0.15, 0.2) is 12.4 Å². The van der Waals surface area contributed by atoms with E-state index in [1.165, 1.54) is 0 Å². The van der Waals surface area contributed by atoms with E-state index in [0.717, 1.165) is 40.6 Å². The first-order valence-electron chi connectivity index (χ1n) is 10.9. The van der Waals surface area contributed by atoms with Crippen LogP contribution in [0.25, 0.3) is 21.7 Å². The van der Waals surface area contributed by atoms with Crippen molar-refractivity contribution in [2.24, 2.45) is 0 Å². The predicted octanol–water partition coefficient (Wildman–Crippen LogP) is 4.60. The Labute approximate surface area is 197 Å². The summed E-state index contributed by atoms with van der Waals surface area (Å²) in [5.74, 6) is 1.54. The molecular weight excluding hydrogens is 432 g/mol. The molecule has 0 bridgehead atoms. The van der Waals surface area contributed by atoms with Crippen LogP contribution in [0.5, 0.6) is 5.75 Å². The number of aromatic nitrogens is 2. The Kier molecular flexibility index (Phi) is 6.30. The Balaban J connectivity index is 1.10. The smallest absolute Gasteiger partial charge is 0.260 e. The lowest BCUT2D eigenvalue weighted by Crippen LogP contribution is -2.50. The number of anilines is 1. The lowest BCUT2D eigenvalue weighted by atomic mass is 10.1. The van der Waals surface area contributed by atoms with Gasteiger partial charge in [0.25, 0.3) is 5.91 Å². The minimum Gasteiger partial charge on any atom is -0.484 e. The minimum absolute atomic E-state index is 0.000846. The molecule has 33 heavy (non-hydrogen) atoms. The van der Waals surface area contributed by atoms with Crippen molar-refractivity contribution in [2.45, 2.75) is 0 Å². The molecule has 5 rings (SSSR count). The molecule has 4 aromatic rings. The Morgan fingerprint density at radius 3 is 2.24 bits per heavy atom. The Morgan fingerprint density at radius 2 is 1.58 bits per heavy atom. The third kappa shape index (κ3) is 5.04. The zero-order valence-electron chi connectivity index (χ0n) is 18.1. The fourth-order valence-electron chi connectivity index (χ4n) is 3.85. The largest absolute Gasteiger partial charge is 0.484 e. The van der Waals surface area contributed by atoms with Crippen molar-refractivity contribution in [3.63, 3.8) is 0 Å². The summed E-state index contributed by atoms with van der Waals surface area (Å²) in [4.78, 5) is 17.8. The normalized spacial score (nSPS) is 13.7. The van der Waals surface area contributed by atoms with Crippen molar-refractivity contribution >= 4 is 23.1 Å². The lowest BCUT2D eigenvalue weighted by molar-refractivity contribution is -0.133. The number of piperazine rings is 1. The van der Waals surface area contributed by atoms with Crippen molar-refractivity contribution in [1.29, 1.82) is 0 Å². The highest BCUT2D eigenvalue weighted by Crippen LogP contribution is 2.24. The van der Waals surface area contributed by atoms with Gasteiger partial charge in [-0.1, -0.05) is 48.5 Å². The molecule has 7 heteroatoms. The van der Waals surface area contributed by atoms with Crippen molar-refractivity contribution in [3.8, 4) is 27.4 Å². The molecule has 1 saturated heterocycles. The van der Waals surface area contributed by atoms with Gasteiger partial charge in [-0.2, -0.15) is 0 Å². The van der Waals surface area contributed by atoms with E-state index in [-0.39, 0.29) is 12.5 Å². The molecule has 1 aliphatic rings. The molecule has 0 atom stereocenters. The van der Waals surface area contributed by atoms with Crippen molar-refractivity contribution in [2.75, 3.05) is 37.7 Å². The van der Waals surface area contributed by atoms with Gasteiger partial charge in [-0.3, -0.25) is 4.79 Å². The van der Waals surface area contributed by atoms with Crippen LogP contribution in [0, 0.1) is 0 Å². The molecule has 2 aromatic heterocycles. The van der Waals surface area contributed by atoms with E-state index >= 15 is 0 Å². The third-order valence-electron chi connectivity index (χ3n) is 5.70. The molecule has 1 aliphatic heterocycles. The highest BCUT2D eigenvalue weighted by Gasteiger charge is 2.22. The van der Waals surface area contributed by atoms with Gasteiger partial charge in [0.2, 0.25) is 0 Å². The van der Waals surface area contributed by atoms with E-state index in [1.807, 2.05) is 77.0 Å². The van der Waals surface area contributed by atoms with Gasteiger partial charge in [0.1, 0.15) is 11.4 Å². The average Bonchev–Trinajstić information content (AvgIpc) is 3.44. The summed E-state index contributed by atoms with van der Waals surface area (Å²) in [5, 5.41) is 10.8. The Bertz CT molecular complexity index is 1170. The van der Waals surface area contributed by atoms with Crippen LogP contribution in [0.2, 0.25) is 0 Å². The molecule has 0 saturated carbocycles. The SMILES string of the molecule is O=C(COc1ccc(-c2ccccc2)cc1)N1CCN(c2ccc(-c3cccs3)nn2)CC1. The number of hydrogen-bond donors (Lipinski definition) is 0. The standard InChI is InChI=1S/C26H24N4O2S/c31-26(19-32-22-10-8-21(9-11-22)20-5-2-1-3-6-20)30-16-14-29(15-17-30)25-13-12-23(27-28-25)24-7-4-18-33-24/h1-13,18H,14-17,19H2. The highest BCUT2D eigenvalue weighted by atomic mass is 32.1. The molecule has 0 aliphatic carbocycles. The van der Waals surface area contributed by atoms with Gasteiger partial charge < -0.3 is 14.5 Å². The fraction of sp³-hybridized carbons (Fsp3) is 0.192. The summed E-state index contributed by atoms with van der Waals surface area (Å²) in [6.07, 6.45) is 0. The van der Waals surface area contributed by atoms with E-state index in [9.17, 15) is 4.79 Å². The van der Waals surface area contributed by atoms with Crippen LogP contribution in [0.3, 0.4) is 0 Å². The number of amides is 1. The van der Waals surface area contributed by atoms with Gasteiger partial charge in [0, 0.05) is 26.2 Å². The van der Waals surface area contributed by atoms with E-state index in [4.69, 9.17) is 4.74 Å². The summed E-state index contributed by atoms with van der Waals surface area (Å²) in [6, 6.07) is 26.1. The number of ether oxygens (including phenoxy) is 1. The summed E-state index contributed by atoms with van der Waals surface area (Å²) in [6.45, 7) is 2.78. The third-order valence-corrected chi connectivity index (χ3v) is 6.60. The first-order chi connectivity index (χ1) is 16.3. The second-order valence-electron chi connectivity index (χ2n) is 7.80. The summed E-state index contributed by atoms with van der Waals surface area (Å²) < 4.78 is 5.75. The maximum atomic E-state index is 12.6. The number of carbonyl (C=O) groups excluding carboxylic acids is 1. The number of carbonyl (C=O) groups is 1. The molecule has 0 unspecified atom stereocenters. The summed E-state index contributed by atoms with van der Waals surface area (Å²) in [5.41, 5.74) is 3.16. The second-order valence-corrected chi connectivity index (χ2v) is 8.75. The predicted molar refractivity (Wildman–Crippen MR) is 132 cm³/mol. The molecule has 6 nitrogen and oxygen atoms in total. The molecule has 3 heterocycles. The molecule has 2 aromatic carbocycles. The Hall–Kier alpha value is -3.71. The zero-order valence-corrected chi connectivity index (χ0v) is 18.9. The lowest BCUT2D eigenvalue weighted by Gasteiger charge is -2.35. The first kappa shape index (κ1) is 21.2. The van der Waals surface area contributed by atoms with Gasteiger partial charge in [-0.15, -0.1) is 21.5 Å². The van der Waals surface area contributed by atoms with Crippen LogP contribution in [-0.4, -0.2) is 53.8 Å². The monoisotopic (exact) mass is 456 g/mol. The maximum Gasteiger partial charge on any atom is 0.260 e. The second kappa shape index (κ2) is 9.83. The van der Waals surface area contributed by atoms with Gasteiger partial charge in [-0.25, -0.2) is 0 Å². The van der Waals surface area contributed by atoms with Crippen molar-refractivity contribution in [3.05, 3.63) is 84.2 Å². The number of nitrogens with zero attached hydrogens (tertiary/aromatic N) is 4.